The summed E-state index contributed by atoms with van der Waals surface area (Å²) in [5.74, 6) is 0.348. The molecule has 3 aromatic heterocycles. The number of esters is 1. The van der Waals surface area contributed by atoms with Crippen LogP contribution in [0, 0.1) is 6.92 Å². The molecule has 3 rings (SSSR count). The van der Waals surface area contributed by atoms with E-state index in [1.165, 1.54) is 23.6 Å². The SMILES string of the molecule is CCCOc1c[nH]c(Cn2c(C(C)C)nc3sc(C(=O)OCC)c(C)c3c2=O)cc1=O. The molecule has 0 spiro atoms. The number of nitrogens with zero attached hydrogens (tertiary/aromatic N) is 2. The third-order valence-corrected chi connectivity index (χ3v) is 5.95. The van der Waals surface area contributed by atoms with Gasteiger partial charge in [-0.2, -0.15) is 0 Å². The number of aromatic nitrogens is 3. The van der Waals surface area contributed by atoms with Gasteiger partial charge in [-0.05, 0) is 25.8 Å². The van der Waals surface area contributed by atoms with Crippen molar-refractivity contribution in [2.45, 2.75) is 53.5 Å². The van der Waals surface area contributed by atoms with Crippen LogP contribution in [-0.4, -0.2) is 33.7 Å². The van der Waals surface area contributed by atoms with Crippen LogP contribution in [0.1, 0.15) is 66.8 Å². The number of fused-ring (bicyclic) bond motifs is 1. The second-order valence-electron chi connectivity index (χ2n) is 7.51. The highest BCUT2D eigenvalue weighted by molar-refractivity contribution is 7.20. The number of aryl methyl sites for hydroxylation is 1. The Kier molecular flexibility index (Phi) is 6.94. The van der Waals surface area contributed by atoms with Crippen molar-refractivity contribution in [2.24, 2.45) is 0 Å². The van der Waals surface area contributed by atoms with Crippen LogP contribution >= 0.6 is 11.3 Å². The number of hydrogen-bond acceptors (Lipinski definition) is 7. The van der Waals surface area contributed by atoms with Crippen LogP contribution in [-0.2, 0) is 11.3 Å². The molecule has 0 aliphatic carbocycles. The minimum absolute atomic E-state index is 0.0376. The fourth-order valence-electron chi connectivity index (χ4n) is 3.30. The number of ether oxygens (including phenoxy) is 2. The summed E-state index contributed by atoms with van der Waals surface area (Å²) in [4.78, 5) is 46.7. The maximum absolute atomic E-state index is 13.4. The van der Waals surface area contributed by atoms with Crippen LogP contribution in [0.4, 0.5) is 0 Å². The Balaban J connectivity index is 2.10. The lowest BCUT2D eigenvalue weighted by Gasteiger charge is -2.15. The van der Waals surface area contributed by atoms with Gasteiger partial charge in [-0.1, -0.05) is 20.8 Å². The Bertz CT molecular complexity index is 1220. The standard InChI is InChI=1S/C22H27N3O5S/c1-6-8-30-16-10-23-14(9-15(16)26)11-25-19(12(3)4)24-20-17(21(25)27)13(5)18(31-20)22(28)29-7-2/h9-10,12H,6-8,11H2,1-5H3,(H,23,26). The van der Waals surface area contributed by atoms with Crippen LogP contribution in [0.15, 0.2) is 21.9 Å². The summed E-state index contributed by atoms with van der Waals surface area (Å²) in [6, 6.07) is 1.44. The highest BCUT2D eigenvalue weighted by atomic mass is 32.1. The Morgan fingerprint density at radius 2 is 2.03 bits per heavy atom. The average Bonchev–Trinajstić information content (AvgIpc) is 3.06. The molecule has 0 bridgehead atoms. The summed E-state index contributed by atoms with van der Waals surface area (Å²) in [5.41, 5.74) is 0.645. The normalized spacial score (nSPS) is 11.3. The molecule has 3 aromatic rings. The summed E-state index contributed by atoms with van der Waals surface area (Å²) in [6.07, 6.45) is 2.32. The second-order valence-corrected chi connectivity index (χ2v) is 8.51. The molecule has 0 saturated carbocycles. The van der Waals surface area contributed by atoms with Crippen LogP contribution in [0.2, 0.25) is 0 Å². The molecule has 166 valence electrons. The second kappa shape index (κ2) is 9.47. The summed E-state index contributed by atoms with van der Waals surface area (Å²) in [6.45, 7) is 10.2. The van der Waals surface area contributed by atoms with Gasteiger partial charge in [0, 0.05) is 23.9 Å². The summed E-state index contributed by atoms with van der Waals surface area (Å²) in [5, 5.41) is 0.405. The number of thiophene rings is 1. The highest BCUT2D eigenvalue weighted by Gasteiger charge is 2.23. The average molecular weight is 446 g/mol. The van der Waals surface area contributed by atoms with E-state index in [-0.39, 0.29) is 35.8 Å². The number of nitrogens with one attached hydrogen (secondary N) is 1. The van der Waals surface area contributed by atoms with E-state index in [1.807, 2.05) is 20.8 Å². The van der Waals surface area contributed by atoms with Gasteiger partial charge >= 0.3 is 5.97 Å². The van der Waals surface area contributed by atoms with Crippen LogP contribution in [0.3, 0.4) is 0 Å². The van der Waals surface area contributed by atoms with Gasteiger partial charge in [0.1, 0.15) is 15.5 Å². The molecule has 0 aliphatic heterocycles. The smallest absolute Gasteiger partial charge is 0.348 e. The van der Waals surface area contributed by atoms with E-state index in [4.69, 9.17) is 14.5 Å². The van der Waals surface area contributed by atoms with Crippen LogP contribution in [0.25, 0.3) is 10.2 Å². The van der Waals surface area contributed by atoms with Crippen molar-refractivity contribution in [3.05, 3.63) is 54.8 Å². The largest absolute Gasteiger partial charge is 0.488 e. The van der Waals surface area contributed by atoms with Crippen molar-refractivity contribution >= 4 is 27.5 Å². The molecule has 0 aromatic carbocycles. The van der Waals surface area contributed by atoms with Crippen LogP contribution < -0.4 is 15.7 Å². The van der Waals surface area contributed by atoms with E-state index in [2.05, 4.69) is 4.98 Å². The third-order valence-electron chi connectivity index (χ3n) is 4.78. The Morgan fingerprint density at radius 3 is 2.65 bits per heavy atom. The molecule has 1 N–H and O–H groups in total. The molecule has 8 nitrogen and oxygen atoms in total. The number of rotatable bonds is 8. The first-order valence-electron chi connectivity index (χ1n) is 10.3. The van der Waals surface area contributed by atoms with Gasteiger partial charge in [0.25, 0.3) is 5.56 Å². The van der Waals surface area contributed by atoms with E-state index < -0.39 is 5.97 Å². The van der Waals surface area contributed by atoms with E-state index >= 15 is 0 Å². The summed E-state index contributed by atoms with van der Waals surface area (Å²) in [7, 11) is 0. The lowest BCUT2D eigenvalue weighted by atomic mass is 10.1. The quantitative estimate of drug-likeness (QED) is 0.532. The predicted octanol–water partition coefficient (Wildman–Crippen LogP) is 3.59. The van der Waals surface area contributed by atoms with Gasteiger partial charge in [-0.15, -0.1) is 11.3 Å². The fraction of sp³-hybridized carbons (Fsp3) is 0.455. The zero-order chi connectivity index (χ0) is 22.7. The molecule has 0 unspecified atom stereocenters. The van der Waals surface area contributed by atoms with E-state index in [9.17, 15) is 14.4 Å². The first-order valence-corrected chi connectivity index (χ1v) is 11.1. The van der Waals surface area contributed by atoms with Crippen molar-refractivity contribution in [1.29, 1.82) is 0 Å². The summed E-state index contributed by atoms with van der Waals surface area (Å²) >= 11 is 1.17. The zero-order valence-electron chi connectivity index (χ0n) is 18.4. The monoisotopic (exact) mass is 445 g/mol. The lowest BCUT2D eigenvalue weighted by Crippen LogP contribution is -2.27. The van der Waals surface area contributed by atoms with Gasteiger partial charge in [0.05, 0.1) is 25.1 Å². The Hall–Kier alpha value is -2.94. The van der Waals surface area contributed by atoms with Crippen molar-refractivity contribution in [3.63, 3.8) is 0 Å². The van der Waals surface area contributed by atoms with Crippen molar-refractivity contribution < 1.29 is 14.3 Å². The minimum atomic E-state index is -0.452. The predicted molar refractivity (Wildman–Crippen MR) is 121 cm³/mol. The number of H-pyrrole nitrogens is 1. The highest BCUT2D eigenvalue weighted by Crippen LogP contribution is 2.29. The van der Waals surface area contributed by atoms with E-state index in [0.29, 0.717) is 38.8 Å². The van der Waals surface area contributed by atoms with E-state index in [0.717, 1.165) is 6.42 Å². The first kappa shape index (κ1) is 22.7. The van der Waals surface area contributed by atoms with Crippen molar-refractivity contribution in [3.8, 4) is 5.75 Å². The van der Waals surface area contributed by atoms with Gasteiger partial charge < -0.3 is 14.5 Å². The summed E-state index contributed by atoms with van der Waals surface area (Å²) < 4.78 is 12.1. The van der Waals surface area contributed by atoms with Gasteiger partial charge in [-0.25, -0.2) is 9.78 Å². The molecular formula is C22H27N3O5S. The molecule has 3 heterocycles. The Morgan fingerprint density at radius 1 is 1.29 bits per heavy atom. The van der Waals surface area contributed by atoms with Gasteiger partial charge in [0.2, 0.25) is 5.43 Å². The fourth-order valence-corrected chi connectivity index (χ4v) is 4.38. The van der Waals surface area contributed by atoms with Gasteiger partial charge in [0.15, 0.2) is 5.75 Å². The maximum Gasteiger partial charge on any atom is 0.348 e. The van der Waals surface area contributed by atoms with Crippen molar-refractivity contribution in [2.75, 3.05) is 13.2 Å². The number of aromatic amines is 1. The first-order chi connectivity index (χ1) is 14.8. The molecule has 0 aliphatic rings. The number of carbonyl (C=O) groups excluding carboxylic acids is 1. The van der Waals surface area contributed by atoms with Gasteiger partial charge in [-0.3, -0.25) is 14.2 Å². The molecule has 0 amide bonds. The molecule has 0 atom stereocenters. The number of carbonyl (C=O) groups is 1. The molecule has 31 heavy (non-hydrogen) atoms. The number of hydrogen-bond donors (Lipinski definition) is 1. The molecular weight excluding hydrogens is 418 g/mol. The van der Waals surface area contributed by atoms with Crippen molar-refractivity contribution in [1.82, 2.24) is 14.5 Å². The molecule has 0 radical (unpaired) electrons. The lowest BCUT2D eigenvalue weighted by molar-refractivity contribution is 0.0531. The number of pyridine rings is 1. The Labute approximate surface area is 183 Å². The van der Waals surface area contributed by atoms with E-state index in [1.54, 1.807) is 18.4 Å². The maximum atomic E-state index is 13.4. The molecule has 9 heteroatoms. The zero-order valence-corrected chi connectivity index (χ0v) is 19.2. The van der Waals surface area contributed by atoms with Crippen LogP contribution in [0.5, 0.6) is 5.75 Å². The topological polar surface area (TPSA) is 103 Å². The molecule has 0 saturated heterocycles. The molecule has 0 fully saturated rings. The minimum Gasteiger partial charge on any atom is -0.488 e. The third kappa shape index (κ3) is 4.56.